The number of methoxy groups -OCH3 is 2. The summed E-state index contributed by atoms with van der Waals surface area (Å²) in [5, 5.41) is 1.71. The third-order valence-electron chi connectivity index (χ3n) is 4.71. The van der Waals surface area contributed by atoms with Crippen LogP contribution in [0, 0.1) is 5.75 Å². The number of rotatable bonds is 10. The first kappa shape index (κ1) is 23.6. The summed E-state index contributed by atoms with van der Waals surface area (Å²) in [4.78, 5) is 12.0. The number of aliphatic imine (C=N–C) groups is 1. The Labute approximate surface area is 196 Å². The highest BCUT2D eigenvalue weighted by atomic mass is 32.2. The van der Waals surface area contributed by atoms with Crippen molar-refractivity contribution in [3.8, 4) is 17.4 Å². The van der Waals surface area contributed by atoms with E-state index in [-0.39, 0.29) is 16.9 Å². The molecule has 4 rings (SSSR count). The molecule has 1 aliphatic heterocycles. The SMILES string of the molecule is COCC(COC)Oc1cc(Oc2ccc(S(C)(=O)=O)cn2)cc2cc(C3=NC[C]S3)[nH]c12. The van der Waals surface area contributed by atoms with Crippen molar-refractivity contribution in [1.29, 1.82) is 0 Å². The van der Waals surface area contributed by atoms with Gasteiger partial charge in [0.15, 0.2) is 9.84 Å². The summed E-state index contributed by atoms with van der Waals surface area (Å²) in [5.74, 6) is 4.40. The number of H-pyrrole nitrogens is 1. The lowest BCUT2D eigenvalue weighted by atomic mass is 10.2. The minimum atomic E-state index is -3.34. The Morgan fingerprint density at radius 2 is 1.97 bits per heavy atom. The molecule has 33 heavy (non-hydrogen) atoms. The predicted octanol–water partition coefficient (Wildman–Crippen LogP) is 3.33. The molecule has 0 spiro atoms. The van der Waals surface area contributed by atoms with E-state index in [1.54, 1.807) is 20.3 Å². The topological polar surface area (TPSA) is 112 Å². The zero-order valence-electron chi connectivity index (χ0n) is 18.3. The highest BCUT2D eigenvalue weighted by molar-refractivity contribution is 8.16. The quantitative estimate of drug-likeness (QED) is 0.462. The van der Waals surface area contributed by atoms with Crippen LogP contribution in [0.3, 0.4) is 0 Å². The molecular weight excluding hydrogens is 466 g/mol. The standard InChI is InChI=1S/C22H23N3O6S2/c1-28-12-16(13-29-2)30-19-10-15(31-20-5-4-17(11-24-20)33(3,26)27)8-14-9-18(25-21(14)19)22-23-6-7-32-22/h4-5,8-11,16,25H,6,12-13H2,1-3H3. The highest BCUT2D eigenvalue weighted by Gasteiger charge is 2.19. The molecule has 0 atom stereocenters. The number of hydrogen-bond acceptors (Lipinski definition) is 9. The van der Waals surface area contributed by atoms with Crippen molar-refractivity contribution >= 4 is 37.5 Å². The smallest absolute Gasteiger partial charge is 0.219 e. The molecule has 9 nitrogen and oxygen atoms in total. The molecular formula is C22H23N3O6S2. The van der Waals surface area contributed by atoms with Gasteiger partial charge in [0, 0.05) is 44.2 Å². The molecule has 0 fully saturated rings. The maximum atomic E-state index is 11.7. The number of sulfone groups is 1. The number of thioether (sulfide) groups is 1. The van der Waals surface area contributed by atoms with E-state index in [1.165, 1.54) is 30.1 Å². The maximum Gasteiger partial charge on any atom is 0.219 e. The molecule has 1 N–H and O–H groups in total. The van der Waals surface area contributed by atoms with Crippen molar-refractivity contribution in [1.82, 2.24) is 9.97 Å². The van der Waals surface area contributed by atoms with Gasteiger partial charge in [-0.15, -0.1) is 0 Å². The Hall–Kier alpha value is -2.60. The van der Waals surface area contributed by atoms with E-state index < -0.39 is 9.84 Å². The molecule has 3 heterocycles. The fraction of sp³-hybridized carbons (Fsp3) is 0.318. The lowest BCUT2D eigenvalue weighted by Gasteiger charge is -2.19. The second-order valence-electron chi connectivity index (χ2n) is 7.29. The van der Waals surface area contributed by atoms with Crippen LogP contribution in [0.5, 0.6) is 17.4 Å². The average Bonchev–Trinajstić information content (AvgIpc) is 3.44. The molecule has 0 saturated heterocycles. The number of hydrogen-bond donors (Lipinski definition) is 1. The molecule has 2 aromatic heterocycles. The van der Waals surface area contributed by atoms with Crippen LogP contribution in [0.25, 0.3) is 10.9 Å². The van der Waals surface area contributed by atoms with Crippen molar-refractivity contribution in [3.63, 3.8) is 0 Å². The van der Waals surface area contributed by atoms with Crippen molar-refractivity contribution in [2.45, 2.75) is 11.0 Å². The van der Waals surface area contributed by atoms with E-state index in [1.807, 2.05) is 12.1 Å². The Bertz CT molecular complexity index is 1250. The number of aromatic amines is 1. The number of benzene rings is 1. The van der Waals surface area contributed by atoms with Gasteiger partial charge in [-0.05, 0) is 18.2 Å². The summed E-state index contributed by atoms with van der Waals surface area (Å²) >= 11 is 1.45. The number of ether oxygens (including phenoxy) is 4. The van der Waals surface area contributed by atoms with Gasteiger partial charge in [0.2, 0.25) is 5.88 Å². The van der Waals surface area contributed by atoms with Crippen LogP contribution in [0.4, 0.5) is 0 Å². The molecule has 0 unspecified atom stereocenters. The molecule has 0 amide bonds. The lowest BCUT2D eigenvalue weighted by molar-refractivity contribution is 0.0251. The first-order valence-corrected chi connectivity index (χ1v) is 12.7. The minimum absolute atomic E-state index is 0.120. The molecule has 0 bridgehead atoms. The van der Waals surface area contributed by atoms with Gasteiger partial charge in [0.25, 0.3) is 0 Å². The molecule has 3 aromatic rings. The Morgan fingerprint density at radius 3 is 2.58 bits per heavy atom. The van der Waals surface area contributed by atoms with E-state index in [0.29, 0.717) is 31.3 Å². The van der Waals surface area contributed by atoms with Gasteiger partial charge in [0.05, 0.1) is 41.6 Å². The van der Waals surface area contributed by atoms with Crippen LogP contribution < -0.4 is 9.47 Å². The normalized spacial score (nSPS) is 14.1. The summed E-state index contributed by atoms with van der Waals surface area (Å²) in [7, 11) is -0.143. The van der Waals surface area contributed by atoms with Gasteiger partial charge in [-0.2, -0.15) is 0 Å². The second kappa shape index (κ2) is 10.1. The maximum absolute atomic E-state index is 11.7. The van der Waals surface area contributed by atoms with Gasteiger partial charge < -0.3 is 23.9 Å². The van der Waals surface area contributed by atoms with Gasteiger partial charge >= 0.3 is 0 Å². The van der Waals surface area contributed by atoms with Crippen LogP contribution in [0.1, 0.15) is 5.69 Å². The molecule has 1 aliphatic rings. The van der Waals surface area contributed by atoms with Gasteiger partial charge in [-0.3, -0.25) is 4.99 Å². The summed E-state index contributed by atoms with van der Waals surface area (Å²) in [6, 6.07) is 8.53. The zero-order chi connectivity index (χ0) is 23.4. The molecule has 174 valence electrons. The van der Waals surface area contributed by atoms with Crippen molar-refractivity contribution < 1.29 is 27.4 Å². The number of fused-ring (bicyclic) bond motifs is 1. The Morgan fingerprint density at radius 1 is 1.18 bits per heavy atom. The van der Waals surface area contributed by atoms with Gasteiger partial charge in [-0.25, -0.2) is 13.4 Å². The first-order chi connectivity index (χ1) is 15.9. The Balaban J connectivity index is 1.70. The number of nitrogens with zero attached hydrogens (tertiary/aromatic N) is 2. The molecule has 2 radical (unpaired) electrons. The van der Waals surface area contributed by atoms with Crippen LogP contribution in [-0.2, 0) is 19.3 Å². The van der Waals surface area contributed by atoms with E-state index in [0.717, 1.165) is 27.9 Å². The highest BCUT2D eigenvalue weighted by Crippen LogP contribution is 2.35. The van der Waals surface area contributed by atoms with Crippen molar-refractivity contribution in [3.05, 3.63) is 48.0 Å². The molecule has 11 heteroatoms. The predicted molar refractivity (Wildman–Crippen MR) is 126 cm³/mol. The molecule has 0 saturated carbocycles. The van der Waals surface area contributed by atoms with Crippen LogP contribution in [0.15, 0.2) is 46.4 Å². The lowest BCUT2D eigenvalue weighted by Crippen LogP contribution is -2.27. The molecule has 1 aromatic carbocycles. The average molecular weight is 490 g/mol. The van der Waals surface area contributed by atoms with Gasteiger partial charge in [0.1, 0.15) is 22.6 Å². The summed E-state index contributed by atoms with van der Waals surface area (Å²) in [5.41, 5.74) is 1.64. The first-order valence-electron chi connectivity index (χ1n) is 9.97. The fourth-order valence-corrected chi connectivity index (χ4v) is 4.44. The van der Waals surface area contributed by atoms with Gasteiger partial charge in [-0.1, -0.05) is 11.8 Å². The van der Waals surface area contributed by atoms with E-state index in [9.17, 15) is 8.42 Å². The van der Waals surface area contributed by atoms with Crippen LogP contribution >= 0.6 is 11.8 Å². The van der Waals surface area contributed by atoms with Crippen LogP contribution in [-0.4, -0.2) is 69.8 Å². The largest absolute Gasteiger partial charge is 0.483 e. The third-order valence-corrected chi connectivity index (χ3v) is 6.62. The third kappa shape index (κ3) is 5.67. The minimum Gasteiger partial charge on any atom is -0.483 e. The zero-order valence-corrected chi connectivity index (χ0v) is 20.0. The monoisotopic (exact) mass is 489 g/mol. The van der Waals surface area contributed by atoms with Crippen LogP contribution in [0.2, 0.25) is 0 Å². The summed E-state index contributed by atoms with van der Waals surface area (Å²) in [6.45, 7) is 1.23. The summed E-state index contributed by atoms with van der Waals surface area (Å²) < 4.78 is 46.0. The number of aromatic nitrogens is 2. The number of nitrogens with one attached hydrogen (secondary N) is 1. The van der Waals surface area contributed by atoms with E-state index in [2.05, 4.69) is 20.7 Å². The van der Waals surface area contributed by atoms with Crippen molar-refractivity contribution in [2.24, 2.45) is 4.99 Å². The second-order valence-corrected chi connectivity index (χ2v) is 10.2. The fourth-order valence-electron chi connectivity index (χ4n) is 3.26. The summed E-state index contributed by atoms with van der Waals surface area (Å²) in [6.07, 6.45) is 2.06. The number of pyridine rings is 1. The van der Waals surface area contributed by atoms with Crippen molar-refractivity contribution in [2.75, 3.05) is 40.2 Å². The van der Waals surface area contributed by atoms with E-state index >= 15 is 0 Å². The van der Waals surface area contributed by atoms with E-state index in [4.69, 9.17) is 18.9 Å². The molecule has 0 aliphatic carbocycles. The Kier molecular flexibility index (Phi) is 7.23.